The predicted octanol–water partition coefficient (Wildman–Crippen LogP) is 4.81. The van der Waals surface area contributed by atoms with Gasteiger partial charge in [-0.05, 0) is 55.5 Å². The summed E-state index contributed by atoms with van der Waals surface area (Å²) in [6, 6.07) is 20.8. The number of Topliss-reactive ketones (excluding diaryl/α,β-unsaturated/α-hetero) is 1. The van der Waals surface area contributed by atoms with Crippen LogP contribution in [-0.4, -0.2) is 41.5 Å². The quantitative estimate of drug-likeness (QED) is 0.289. The van der Waals surface area contributed by atoms with Crippen LogP contribution in [0.2, 0.25) is 0 Å². The van der Waals surface area contributed by atoms with Crippen LogP contribution in [-0.2, 0) is 26.6 Å². The van der Waals surface area contributed by atoms with Crippen molar-refractivity contribution < 1.29 is 23.5 Å². The van der Waals surface area contributed by atoms with Crippen LogP contribution in [0.4, 0.5) is 0 Å². The minimum absolute atomic E-state index is 0.0887. The van der Waals surface area contributed by atoms with Gasteiger partial charge < -0.3 is 19.8 Å². The first-order valence-electron chi connectivity index (χ1n) is 12.8. The van der Waals surface area contributed by atoms with Crippen LogP contribution in [0.25, 0.3) is 0 Å². The van der Waals surface area contributed by atoms with Gasteiger partial charge in [-0.3, -0.25) is 14.4 Å². The lowest BCUT2D eigenvalue weighted by molar-refractivity contribution is -0.134. The molecule has 8 heteroatoms. The SMILES string of the molecule is CC(C)C[C@H](NC(=O)C(C)Oc1ccccc1)C(=O)N[C@@H](Cc1ccccc1)C(=O)CSCc1ccco1. The summed E-state index contributed by atoms with van der Waals surface area (Å²) in [5.74, 6) is 1.42. The molecule has 3 atom stereocenters. The molecule has 2 amide bonds. The van der Waals surface area contributed by atoms with Gasteiger partial charge in [-0.15, -0.1) is 11.8 Å². The van der Waals surface area contributed by atoms with Crippen LogP contribution in [0.5, 0.6) is 5.75 Å². The second-order valence-electron chi connectivity index (χ2n) is 9.55. The molecule has 0 aliphatic rings. The van der Waals surface area contributed by atoms with E-state index in [-0.39, 0.29) is 23.4 Å². The highest BCUT2D eigenvalue weighted by molar-refractivity contribution is 7.99. The molecule has 7 nitrogen and oxygen atoms in total. The normalized spacial score (nSPS) is 13.4. The Kier molecular flexibility index (Phi) is 11.5. The summed E-state index contributed by atoms with van der Waals surface area (Å²) in [5.41, 5.74) is 0.941. The molecule has 0 aliphatic carbocycles. The third-order valence-electron chi connectivity index (χ3n) is 5.82. The number of hydrogen-bond acceptors (Lipinski definition) is 6. The fraction of sp³-hybridized carbons (Fsp3) is 0.367. The van der Waals surface area contributed by atoms with Gasteiger partial charge in [0.05, 0.1) is 23.8 Å². The number of furan rings is 1. The van der Waals surface area contributed by atoms with E-state index in [0.717, 1.165) is 11.3 Å². The lowest BCUT2D eigenvalue weighted by Gasteiger charge is -2.25. The van der Waals surface area contributed by atoms with Gasteiger partial charge in [0.1, 0.15) is 17.6 Å². The topological polar surface area (TPSA) is 97.6 Å². The Morgan fingerprint density at radius 1 is 0.842 bits per heavy atom. The van der Waals surface area contributed by atoms with Gasteiger partial charge in [0, 0.05) is 0 Å². The summed E-state index contributed by atoms with van der Waals surface area (Å²) in [6.45, 7) is 5.60. The molecule has 38 heavy (non-hydrogen) atoms. The molecule has 0 spiro atoms. The number of carbonyl (C=O) groups is 3. The Hall–Kier alpha value is -3.52. The second-order valence-corrected chi connectivity index (χ2v) is 10.5. The number of benzene rings is 2. The lowest BCUT2D eigenvalue weighted by Crippen LogP contribution is -2.54. The van der Waals surface area contributed by atoms with Gasteiger partial charge in [-0.2, -0.15) is 0 Å². The van der Waals surface area contributed by atoms with Gasteiger partial charge in [-0.25, -0.2) is 0 Å². The van der Waals surface area contributed by atoms with Crippen molar-refractivity contribution in [1.82, 2.24) is 10.6 Å². The number of carbonyl (C=O) groups excluding carboxylic acids is 3. The molecule has 0 bridgehead atoms. The summed E-state index contributed by atoms with van der Waals surface area (Å²) in [5, 5.41) is 5.76. The standard InChI is InChI=1S/C30H36N2O5S/c1-21(2)17-27(32-29(34)22(3)37-24-13-8-5-9-14-24)30(35)31-26(18-23-11-6-4-7-12-23)28(33)20-38-19-25-15-10-16-36-25/h4-16,21-22,26-27H,17-20H2,1-3H3,(H,31,35)(H,32,34)/t22?,26-,27-/m0/s1. The molecule has 0 radical (unpaired) electrons. The van der Waals surface area contributed by atoms with Crippen LogP contribution >= 0.6 is 11.8 Å². The molecule has 3 aromatic rings. The van der Waals surface area contributed by atoms with Gasteiger partial charge in [0.15, 0.2) is 11.9 Å². The van der Waals surface area contributed by atoms with Crippen molar-refractivity contribution in [3.63, 3.8) is 0 Å². The van der Waals surface area contributed by atoms with E-state index in [1.165, 1.54) is 11.8 Å². The zero-order valence-electron chi connectivity index (χ0n) is 22.1. The van der Waals surface area contributed by atoms with E-state index < -0.39 is 24.1 Å². The third kappa shape index (κ3) is 9.74. The number of para-hydroxylation sites is 1. The van der Waals surface area contributed by atoms with Crippen molar-refractivity contribution in [1.29, 1.82) is 0 Å². The van der Waals surface area contributed by atoms with Crippen LogP contribution in [0.3, 0.4) is 0 Å². The number of ether oxygens (including phenoxy) is 1. The third-order valence-corrected chi connectivity index (χ3v) is 6.80. The number of amides is 2. The van der Waals surface area contributed by atoms with E-state index in [2.05, 4.69) is 10.6 Å². The first kappa shape index (κ1) is 29.0. The summed E-state index contributed by atoms with van der Waals surface area (Å²) < 4.78 is 11.1. The van der Waals surface area contributed by atoms with E-state index in [4.69, 9.17) is 9.15 Å². The maximum Gasteiger partial charge on any atom is 0.261 e. The molecule has 3 rings (SSSR count). The number of hydrogen-bond donors (Lipinski definition) is 2. The van der Waals surface area contributed by atoms with E-state index >= 15 is 0 Å². The average molecular weight is 537 g/mol. The lowest BCUT2D eigenvalue weighted by atomic mass is 10.00. The van der Waals surface area contributed by atoms with Crippen LogP contribution in [0, 0.1) is 5.92 Å². The highest BCUT2D eigenvalue weighted by atomic mass is 32.2. The van der Waals surface area contributed by atoms with Gasteiger partial charge in [-0.1, -0.05) is 62.4 Å². The van der Waals surface area contributed by atoms with Crippen molar-refractivity contribution in [3.8, 4) is 5.75 Å². The Balaban J connectivity index is 1.66. The van der Waals surface area contributed by atoms with E-state index in [9.17, 15) is 14.4 Å². The van der Waals surface area contributed by atoms with Crippen molar-refractivity contribution >= 4 is 29.4 Å². The molecule has 0 fully saturated rings. The zero-order valence-corrected chi connectivity index (χ0v) is 22.9. The number of nitrogens with one attached hydrogen (secondary N) is 2. The van der Waals surface area contributed by atoms with Gasteiger partial charge in [0.25, 0.3) is 5.91 Å². The highest BCUT2D eigenvalue weighted by Crippen LogP contribution is 2.15. The summed E-state index contributed by atoms with van der Waals surface area (Å²) in [6.07, 6.45) is 1.60. The summed E-state index contributed by atoms with van der Waals surface area (Å²) in [7, 11) is 0. The number of thioether (sulfide) groups is 1. The van der Waals surface area contributed by atoms with Gasteiger partial charge >= 0.3 is 0 Å². The minimum Gasteiger partial charge on any atom is -0.481 e. The molecule has 2 N–H and O–H groups in total. The van der Waals surface area contributed by atoms with Crippen molar-refractivity contribution in [2.24, 2.45) is 5.92 Å². The van der Waals surface area contributed by atoms with E-state index in [1.54, 1.807) is 25.3 Å². The first-order valence-corrected chi connectivity index (χ1v) is 14.0. The van der Waals surface area contributed by atoms with Crippen LogP contribution in [0.1, 0.15) is 38.5 Å². The molecular weight excluding hydrogens is 500 g/mol. The van der Waals surface area contributed by atoms with Gasteiger partial charge in [0.2, 0.25) is 5.91 Å². The maximum absolute atomic E-state index is 13.4. The molecule has 1 unspecified atom stereocenters. The number of ketones is 1. The van der Waals surface area contributed by atoms with E-state index in [1.807, 2.05) is 74.5 Å². The van der Waals surface area contributed by atoms with Crippen molar-refractivity contribution in [2.45, 2.75) is 57.6 Å². The molecule has 1 heterocycles. The smallest absolute Gasteiger partial charge is 0.261 e. The maximum atomic E-state index is 13.4. The Morgan fingerprint density at radius 2 is 1.50 bits per heavy atom. The molecule has 2 aromatic carbocycles. The monoisotopic (exact) mass is 536 g/mol. The summed E-state index contributed by atoms with van der Waals surface area (Å²) >= 11 is 1.44. The van der Waals surface area contributed by atoms with Crippen molar-refractivity contribution in [2.75, 3.05) is 5.75 Å². The molecule has 0 aliphatic heterocycles. The fourth-order valence-electron chi connectivity index (χ4n) is 3.86. The van der Waals surface area contributed by atoms with Crippen LogP contribution < -0.4 is 15.4 Å². The summed E-state index contributed by atoms with van der Waals surface area (Å²) in [4.78, 5) is 39.5. The molecular formula is C30H36N2O5S. The minimum atomic E-state index is -0.800. The van der Waals surface area contributed by atoms with E-state index in [0.29, 0.717) is 24.3 Å². The molecule has 202 valence electrons. The van der Waals surface area contributed by atoms with Crippen molar-refractivity contribution in [3.05, 3.63) is 90.4 Å². The Labute approximate surface area is 228 Å². The molecule has 0 saturated carbocycles. The average Bonchev–Trinajstić information content (AvgIpc) is 3.42. The first-order chi connectivity index (χ1) is 18.3. The zero-order chi connectivity index (χ0) is 27.3. The Bertz CT molecular complexity index is 1140. The fourth-order valence-corrected chi connectivity index (χ4v) is 4.73. The predicted molar refractivity (Wildman–Crippen MR) is 150 cm³/mol. The number of rotatable bonds is 15. The highest BCUT2D eigenvalue weighted by Gasteiger charge is 2.29. The second kappa shape index (κ2) is 15.0. The Morgan fingerprint density at radius 3 is 2.13 bits per heavy atom. The molecule has 1 aromatic heterocycles. The largest absolute Gasteiger partial charge is 0.481 e. The molecule has 0 saturated heterocycles. The van der Waals surface area contributed by atoms with Crippen LogP contribution in [0.15, 0.2) is 83.5 Å².